The van der Waals surface area contributed by atoms with Crippen LogP contribution in [0.15, 0.2) is 11.3 Å². The number of esters is 1. The molecule has 0 saturated carbocycles. The third-order valence-corrected chi connectivity index (χ3v) is 2.31. The molecule has 0 aromatic heterocycles. The van der Waals surface area contributed by atoms with Crippen molar-refractivity contribution in [1.29, 1.82) is 0 Å². The molecule has 5 nitrogen and oxygen atoms in total. The van der Waals surface area contributed by atoms with Gasteiger partial charge in [0.05, 0.1) is 12.6 Å². The van der Waals surface area contributed by atoms with E-state index in [0.717, 1.165) is 0 Å². The minimum Gasteiger partial charge on any atom is -0.509 e. The summed E-state index contributed by atoms with van der Waals surface area (Å²) < 4.78 is 4.70. The molecule has 5 heteroatoms. The average Bonchev–Trinajstić information content (AvgIpc) is 2.41. The molecule has 1 unspecified atom stereocenters. The van der Waals surface area contributed by atoms with Crippen molar-refractivity contribution in [3.8, 4) is 0 Å². The molecule has 0 spiro atoms. The van der Waals surface area contributed by atoms with Crippen molar-refractivity contribution in [3.63, 3.8) is 0 Å². The summed E-state index contributed by atoms with van der Waals surface area (Å²) >= 11 is 0. The highest BCUT2D eigenvalue weighted by Crippen LogP contribution is 2.21. The first-order valence-corrected chi connectivity index (χ1v) is 5.38. The predicted molar refractivity (Wildman–Crippen MR) is 57.7 cm³/mol. The highest BCUT2D eigenvalue weighted by Gasteiger charge is 2.36. The van der Waals surface area contributed by atoms with Crippen LogP contribution in [-0.2, 0) is 14.3 Å². The third-order valence-electron chi connectivity index (χ3n) is 2.31. The maximum absolute atomic E-state index is 11.5. The lowest BCUT2D eigenvalue weighted by atomic mass is 10.0. The molecule has 1 aliphatic rings. The van der Waals surface area contributed by atoms with E-state index in [9.17, 15) is 14.7 Å². The number of hydrogen-bond donors (Lipinski definition) is 2. The molecule has 1 heterocycles. The van der Waals surface area contributed by atoms with Crippen molar-refractivity contribution in [1.82, 2.24) is 5.32 Å². The average molecular weight is 227 g/mol. The zero-order valence-electron chi connectivity index (χ0n) is 9.74. The second-order valence-corrected chi connectivity index (χ2v) is 4.14. The van der Waals surface area contributed by atoms with Crippen LogP contribution in [0.2, 0.25) is 0 Å². The maximum atomic E-state index is 11.5. The Morgan fingerprint density at radius 1 is 1.56 bits per heavy atom. The van der Waals surface area contributed by atoms with Gasteiger partial charge in [-0.2, -0.15) is 0 Å². The standard InChI is InChI=1S/C11H17NO4/c1-4-16-11(15)8-9(13)7(5-6(2)3)12-10(8)14/h6-7,13H,4-5H2,1-3H3,(H,12,14). The Balaban J connectivity index is 2.84. The van der Waals surface area contributed by atoms with Crippen LogP contribution in [0, 0.1) is 5.92 Å². The molecule has 0 radical (unpaired) electrons. The van der Waals surface area contributed by atoms with E-state index in [1.54, 1.807) is 6.92 Å². The van der Waals surface area contributed by atoms with Crippen molar-refractivity contribution in [2.24, 2.45) is 5.92 Å². The molecular weight excluding hydrogens is 210 g/mol. The Morgan fingerprint density at radius 2 is 2.19 bits per heavy atom. The molecule has 0 saturated heterocycles. The van der Waals surface area contributed by atoms with E-state index in [0.29, 0.717) is 12.3 Å². The summed E-state index contributed by atoms with van der Waals surface area (Å²) in [7, 11) is 0. The smallest absolute Gasteiger partial charge is 0.347 e. The van der Waals surface area contributed by atoms with E-state index < -0.39 is 17.9 Å². The van der Waals surface area contributed by atoms with Crippen LogP contribution >= 0.6 is 0 Å². The Morgan fingerprint density at radius 3 is 2.69 bits per heavy atom. The van der Waals surface area contributed by atoms with Gasteiger partial charge >= 0.3 is 5.97 Å². The number of carbonyl (C=O) groups is 2. The number of rotatable bonds is 4. The van der Waals surface area contributed by atoms with Crippen LogP contribution in [0.1, 0.15) is 27.2 Å². The predicted octanol–water partition coefficient (Wildman–Crippen LogP) is 0.906. The Kier molecular flexibility index (Phi) is 3.93. The van der Waals surface area contributed by atoms with E-state index in [2.05, 4.69) is 5.32 Å². The number of aliphatic hydroxyl groups is 1. The number of nitrogens with one attached hydrogen (secondary N) is 1. The molecule has 0 aromatic carbocycles. The zero-order valence-corrected chi connectivity index (χ0v) is 9.74. The van der Waals surface area contributed by atoms with Gasteiger partial charge in [0, 0.05) is 0 Å². The molecule has 90 valence electrons. The molecular formula is C11H17NO4. The lowest BCUT2D eigenvalue weighted by molar-refractivity contribution is -0.140. The van der Waals surface area contributed by atoms with Crippen LogP contribution in [0.3, 0.4) is 0 Å². The lowest BCUT2D eigenvalue weighted by Crippen LogP contribution is -2.30. The molecule has 1 amide bonds. The largest absolute Gasteiger partial charge is 0.509 e. The van der Waals surface area contributed by atoms with Crippen LogP contribution < -0.4 is 5.32 Å². The molecule has 0 bridgehead atoms. The number of ether oxygens (including phenoxy) is 1. The van der Waals surface area contributed by atoms with Crippen LogP contribution in [0.5, 0.6) is 0 Å². The van der Waals surface area contributed by atoms with Gasteiger partial charge in [-0.1, -0.05) is 13.8 Å². The molecule has 16 heavy (non-hydrogen) atoms. The van der Waals surface area contributed by atoms with E-state index in [1.165, 1.54) is 0 Å². The first-order chi connectivity index (χ1) is 7.47. The van der Waals surface area contributed by atoms with Crippen LogP contribution in [0.4, 0.5) is 0 Å². The van der Waals surface area contributed by atoms with Crippen molar-refractivity contribution >= 4 is 11.9 Å². The SMILES string of the molecule is CCOC(=O)C1=C(O)C(CC(C)C)NC1=O. The van der Waals surface area contributed by atoms with Gasteiger partial charge in [0.25, 0.3) is 5.91 Å². The van der Waals surface area contributed by atoms with E-state index >= 15 is 0 Å². The molecule has 1 aliphatic heterocycles. The van der Waals surface area contributed by atoms with Crippen LogP contribution in [0.25, 0.3) is 0 Å². The highest BCUT2D eigenvalue weighted by atomic mass is 16.5. The summed E-state index contributed by atoms with van der Waals surface area (Å²) in [5.41, 5.74) is -0.257. The van der Waals surface area contributed by atoms with Gasteiger partial charge in [0.2, 0.25) is 0 Å². The summed E-state index contributed by atoms with van der Waals surface area (Å²) in [5.74, 6) is -1.20. The van der Waals surface area contributed by atoms with Crippen molar-refractivity contribution in [2.75, 3.05) is 6.61 Å². The van der Waals surface area contributed by atoms with Crippen molar-refractivity contribution < 1.29 is 19.4 Å². The topological polar surface area (TPSA) is 75.6 Å². The lowest BCUT2D eigenvalue weighted by Gasteiger charge is -2.12. The fourth-order valence-electron chi connectivity index (χ4n) is 1.63. The molecule has 0 aliphatic carbocycles. The highest BCUT2D eigenvalue weighted by molar-refractivity contribution is 6.18. The molecule has 1 rings (SSSR count). The van der Waals surface area contributed by atoms with Crippen molar-refractivity contribution in [2.45, 2.75) is 33.2 Å². The molecule has 1 atom stereocenters. The normalized spacial score (nSPS) is 20.2. The van der Waals surface area contributed by atoms with Gasteiger partial charge in [-0.05, 0) is 19.3 Å². The first-order valence-electron chi connectivity index (χ1n) is 5.38. The first kappa shape index (κ1) is 12.5. The monoisotopic (exact) mass is 227 g/mol. The van der Waals surface area contributed by atoms with Gasteiger partial charge in [0.15, 0.2) is 5.57 Å². The quantitative estimate of drug-likeness (QED) is 0.553. The van der Waals surface area contributed by atoms with E-state index in [-0.39, 0.29) is 17.9 Å². The van der Waals surface area contributed by atoms with E-state index in [1.807, 2.05) is 13.8 Å². The Bertz CT molecular complexity index is 333. The fourth-order valence-corrected chi connectivity index (χ4v) is 1.63. The minimum absolute atomic E-state index is 0.178. The summed E-state index contributed by atoms with van der Waals surface area (Å²) in [6.07, 6.45) is 0.598. The summed E-state index contributed by atoms with van der Waals surface area (Å²) in [6.45, 7) is 5.77. The second kappa shape index (κ2) is 5.01. The molecule has 2 N–H and O–H groups in total. The zero-order chi connectivity index (χ0) is 12.3. The Hall–Kier alpha value is -1.52. The second-order valence-electron chi connectivity index (χ2n) is 4.14. The summed E-state index contributed by atoms with van der Waals surface area (Å²) in [5, 5.41) is 12.3. The van der Waals surface area contributed by atoms with Gasteiger partial charge in [-0.15, -0.1) is 0 Å². The fraction of sp³-hybridized carbons (Fsp3) is 0.636. The molecule has 0 fully saturated rings. The van der Waals surface area contributed by atoms with Crippen molar-refractivity contribution in [3.05, 3.63) is 11.3 Å². The number of hydrogen-bond acceptors (Lipinski definition) is 4. The number of carbonyl (C=O) groups excluding carboxylic acids is 2. The number of amides is 1. The van der Waals surface area contributed by atoms with Gasteiger partial charge in [-0.25, -0.2) is 4.79 Å². The van der Waals surface area contributed by atoms with Gasteiger partial charge < -0.3 is 15.2 Å². The van der Waals surface area contributed by atoms with Gasteiger partial charge in [-0.3, -0.25) is 4.79 Å². The Labute approximate surface area is 94.5 Å². The summed E-state index contributed by atoms with van der Waals surface area (Å²) in [4.78, 5) is 22.9. The van der Waals surface area contributed by atoms with E-state index in [4.69, 9.17) is 4.74 Å². The summed E-state index contributed by atoms with van der Waals surface area (Å²) in [6, 6.07) is -0.466. The van der Waals surface area contributed by atoms with Crippen LogP contribution in [-0.4, -0.2) is 29.6 Å². The minimum atomic E-state index is -0.760. The number of aliphatic hydroxyl groups excluding tert-OH is 1. The third kappa shape index (κ3) is 2.53. The van der Waals surface area contributed by atoms with Gasteiger partial charge in [0.1, 0.15) is 5.76 Å². The molecule has 0 aromatic rings. The maximum Gasteiger partial charge on any atom is 0.347 e.